The van der Waals surface area contributed by atoms with Crippen LogP contribution in [0.3, 0.4) is 0 Å². The molecule has 43 heavy (non-hydrogen) atoms. The Morgan fingerprint density at radius 2 is 1.58 bits per heavy atom. The summed E-state index contributed by atoms with van der Waals surface area (Å²) >= 11 is 0. The van der Waals surface area contributed by atoms with Crippen molar-refractivity contribution in [2.24, 2.45) is 0 Å². The predicted molar refractivity (Wildman–Crippen MR) is 168 cm³/mol. The topological polar surface area (TPSA) is 85.3 Å². The Hall–Kier alpha value is -3.84. The molecule has 230 valence electrons. The molecule has 3 aromatic carbocycles. The molecule has 0 unspecified atom stereocenters. The van der Waals surface area contributed by atoms with Crippen LogP contribution in [0.15, 0.2) is 72.8 Å². The normalized spacial score (nSPS) is 15.3. The van der Waals surface area contributed by atoms with Gasteiger partial charge in [-0.25, -0.2) is 9.59 Å². The summed E-state index contributed by atoms with van der Waals surface area (Å²) in [5, 5.41) is 11.1. The molecular formula is C36H45NO6. The number of hydrogen-bond donors (Lipinski definition) is 1. The lowest BCUT2D eigenvalue weighted by molar-refractivity contribution is -0.00239. The molecule has 3 aromatic rings. The van der Waals surface area contributed by atoms with E-state index >= 15 is 0 Å². The van der Waals surface area contributed by atoms with Gasteiger partial charge in [0.2, 0.25) is 0 Å². The fraction of sp³-hybridized carbons (Fsp3) is 0.444. The Morgan fingerprint density at radius 3 is 2.21 bits per heavy atom. The van der Waals surface area contributed by atoms with Crippen molar-refractivity contribution in [3.63, 3.8) is 0 Å². The Morgan fingerprint density at radius 1 is 0.930 bits per heavy atom. The van der Waals surface area contributed by atoms with Crippen molar-refractivity contribution in [3.05, 3.63) is 89.5 Å². The molecule has 7 nitrogen and oxygen atoms in total. The van der Waals surface area contributed by atoms with E-state index in [4.69, 9.17) is 14.2 Å². The molecule has 0 saturated heterocycles. The van der Waals surface area contributed by atoms with Gasteiger partial charge < -0.3 is 24.2 Å². The van der Waals surface area contributed by atoms with E-state index in [-0.39, 0.29) is 6.10 Å². The SMILES string of the molecule is COC(=O)c1ccc(-c2ccc(CCN(C(=O)OC(C)(C)C)[C@@H](C)[C@@H](O)c3ccccc3)cc2)cc1OC1CCCCC1. The maximum atomic E-state index is 13.2. The molecule has 0 radical (unpaired) electrons. The minimum absolute atomic E-state index is 0.102. The van der Waals surface area contributed by atoms with Crippen LogP contribution >= 0.6 is 0 Å². The molecule has 1 aliphatic carbocycles. The Kier molecular flexibility index (Phi) is 10.9. The number of carbonyl (C=O) groups excluding carboxylic acids is 2. The lowest BCUT2D eigenvalue weighted by atomic mass is 9.97. The lowest BCUT2D eigenvalue weighted by Crippen LogP contribution is -2.45. The zero-order valence-electron chi connectivity index (χ0n) is 26.0. The first-order valence-corrected chi connectivity index (χ1v) is 15.3. The molecule has 0 aliphatic heterocycles. The van der Waals surface area contributed by atoms with Gasteiger partial charge in [-0.3, -0.25) is 0 Å². The molecule has 0 bridgehead atoms. The maximum Gasteiger partial charge on any atom is 0.410 e. The number of amides is 1. The third-order valence-electron chi connectivity index (χ3n) is 7.88. The summed E-state index contributed by atoms with van der Waals surface area (Å²) in [6.07, 6.45) is 4.84. The molecule has 7 heteroatoms. The number of aliphatic hydroxyl groups is 1. The molecular weight excluding hydrogens is 542 g/mol. The van der Waals surface area contributed by atoms with Crippen molar-refractivity contribution in [2.75, 3.05) is 13.7 Å². The molecule has 2 atom stereocenters. The molecule has 1 N–H and O–H groups in total. The number of methoxy groups -OCH3 is 1. The highest BCUT2D eigenvalue weighted by molar-refractivity contribution is 5.93. The van der Waals surface area contributed by atoms with E-state index in [9.17, 15) is 14.7 Å². The van der Waals surface area contributed by atoms with Crippen molar-refractivity contribution in [2.45, 2.75) is 90.1 Å². The van der Waals surface area contributed by atoms with Crippen molar-refractivity contribution < 1.29 is 28.9 Å². The maximum absolute atomic E-state index is 13.2. The van der Waals surface area contributed by atoms with Gasteiger partial charge in [0.05, 0.1) is 25.4 Å². The van der Waals surface area contributed by atoms with Gasteiger partial charge in [0.1, 0.15) is 16.9 Å². The summed E-state index contributed by atoms with van der Waals surface area (Å²) in [6, 6.07) is 22.6. The van der Waals surface area contributed by atoms with E-state index in [0.29, 0.717) is 24.3 Å². The highest BCUT2D eigenvalue weighted by atomic mass is 16.6. The van der Waals surface area contributed by atoms with Gasteiger partial charge >= 0.3 is 12.1 Å². The number of esters is 1. The number of benzene rings is 3. The summed E-state index contributed by atoms with van der Waals surface area (Å²) in [5.74, 6) is 0.146. The number of nitrogens with zero attached hydrogens (tertiary/aromatic N) is 1. The average molecular weight is 588 g/mol. The van der Waals surface area contributed by atoms with Gasteiger partial charge in [-0.15, -0.1) is 0 Å². The highest BCUT2D eigenvalue weighted by Crippen LogP contribution is 2.32. The van der Waals surface area contributed by atoms with Crippen LogP contribution in [0.2, 0.25) is 0 Å². The van der Waals surface area contributed by atoms with Crippen molar-refractivity contribution in [1.82, 2.24) is 4.90 Å². The van der Waals surface area contributed by atoms with E-state index < -0.39 is 29.8 Å². The third kappa shape index (κ3) is 8.83. The summed E-state index contributed by atoms with van der Waals surface area (Å²) in [7, 11) is 1.38. The summed E-state index contributed by atoms with van der Waals surface area (Å²) in [6.45, 7) is 7.73. The van der Waals surface area contributed by atoms with Gasteiger partial charge in [0.25, 0.3) is 0 Å². The fourth-order valence-electron chi connectivity index (χ4n) is 5.43. The predicted octanol–water partition coefficient (Wildman–Crippen LogP) is 7.75. The zero-order chi connectivity index (χ0) is 31.0. The first-order valence-electron chi connectivity index (χ1n) is 15.3. The van der Waals surface area contributed by atoms with E-state index in [1.165, 1.54) is 13.5 Å². The van der Waals surface area contributed by atoms with Gasteiger partial charge in [-0.05, 0) is 94.2 Å². The summed E-state index contributed by atoms with van der Waals surface area (Å²) in [5.41, 5.74) is 3.51. The van der Waals surface area contributed by atoms with Crippen molar-refractivity contribution in [1.29, 1.82) is 0 Å². The quantitative estimate of drug-likeness (QED) is 0.244. The van der Waals surface area contributed by atoms with Crippen LogP contribution in [-0.2, 0) is 15.9 Å². The summed E-state index contributed by atoms with van der Waals surface area (Å²) in [4.78, 5) is 27.3. The molecule has 1 fully saturated rings. The van der Waals surface area contributed by atoms with Crippen LogP contribution in [0.1, 0.15) is 87.4 Å². The minimum atomic E-state index is -0.853. The molecule has 0 heterocycles. The van der Waals surface area contributed by atoms with Gasteiger partial charge in [-0.2, -0.15) is 0 Å². The molecule has 0 spiro atoms. The van der Waals surface area contributed by atoms with Crippen LogP contribution in [-0.4, -0.2) is 53.5 Å². The van der Waals surface area contributed by atoms with Crippen molar-refractivity contribution in [3.8, 4) is 16.9 Å². The molecule has 4 rings (SSSR count). The number of hydrogen-bond acceptors (Lipinski definition) is 6. The van der Waals surface area contributed by atoms with Crippen LogP contribution in [0, 0.1) is 0 Å². The van der Waals surface area contributed by atoms with Gasteiger partial charge in [0.15, 0.2) is 0 Å². The molecule has 1 aliphatic rings. The average Bonchev–Trinajstić information content (AvgIpc) is 3.00. The van der Waals surface area contributed by atoms with Crippen molar-refractivity contribution >= 4 is 12.1 Å². The highest BCUT2D eigenvalue weighted by Gasteiger charge is 2.30. The minimum Gasteiger partial charge on any atom is -0.490 e. The lowest BCUT2D eigenvalue weighted by Gasteiger charge is -2.34. The largest absolute Gasteiger partial charge is 0.490 e. The first kappa shape index (κ1) is 32.1. The second-order valence-electron chi connectivity index (χ2n) is 12.3. The first-order chi connectivity index (χ1) is 20.6. The third-order valence-corrected chi connectivity index (χ3v) is 7.88. The summed E-state index contributed by atoms with van der Waals surface area (Å²) < 4.78 is 17.0. The molecule has 1 saturated carbocycles. The molecule has 1 amide bonds. The Balaban J connectivity index is 1.50. The Bertz CT molecular complexity index is 1340. The van der Waals surface area contributed by atoms with E-state index in [1.807, 2.05) is 94.4 Å². The number of carbonyl (C=O) groups is 2. The van der Waals surface area contributed by atoms with Crippen LogP contribution in [0.4, 0.5) is 4.79 Å². The molecule has 0 aromatic heterocycles. The standard InChI is InChI=1S/C36H45NO6/c1-25(33(38)28-12-8-6-9-13-28)37(35(40)43-36(2,3)4)23-22-26-16-18-27(19-17-26)29-20-21-31(34(39)41-5)32(24-29)42-30-14-10-7-11-15-30/h6,8-9,12-13,16-21,24-25,30,33,38H,7,10-11,14-15,22-23H2,1-5H3/t25-,33+/m0/s1. The second kappa shape index (κ2) is 14.6. The smallest absolute Gasteiger partial charge is 0.410 e. The monoisotopic (exact) mass is 587 g/mol. The Labute approximate surface area is 255 Å². The fourth-order valence-corrected chi connectivity index (χ4v) is 5.43. The number of ether oxygens (including phenoxy) is 3. The van der Waals surface area contributed by atoms with Crippen LogP contribution in [0.25, 0.3) is 11.1 Å². The van der Waals surface area contributed by atoms with Gasteiger partial charge in [-0.1, -0.05) is 67.1 Å². The number of aliphatic hydroxyl groups excluding tert-OH is 1. The second-order valence-corrected chi connectivity index (χ2v) is 12.3. The van der Waals surface area contributed by atoms with Gasteiger partial charge in [0, 0.05) is 6.54 Å². The van der Waals surface area contributed by atoms with E-state index in [2.05, 4.69) is 0 Å². The van der Waals surface area contributed by atoms with Crippen LogP contribution in [0.5, 0.6) is 5.75 Å². The van der Waals surface area contributed by atoms with Crippen LogP contribution < -0.4 is 4.74 Å². The van der Waals surface area contributed by atoms with E-state index in [1.54, 1.807) is 11.0 Å². The number of rotatable bonds is 10. The zero-order valence-corrected chi connectivity index (χ0v) is 26.0. The van der Waals surface area contributed by atoms with E-state index in [0.717, 1.165) is 47.9 Å².